The van der Waals surface area contributed by atoms with Gasteiger partial charge in [0.2, 0.25) is 0 Å². The van der Waals surface area contributed by atoms with Gasteiger partial charge in [-0.25, -0.2) is 4.98 Å². The van der Waals surface area contributed by atoms with Crippen LogP contribution in [0.3, 0.4) is 0 Å². The van der Waals surface area contributed by atoms with Crippen LogP contribution in [0.25, 0.3) is 0 Å². The summed E-state index contributed by atoms with van der Waals surface area (Å²) in [4.78, 5) is 4.82. The molecule has 0 fully saturated rings. The van der Waals surface area contributed by atoms with Crippen molar-refractivity contribution in [2.75, 3.05) is 12.4 Å². The monoisotopic (exact) mass is 287 g/mol. The molecular weight excluding hydrogens is 270 g/mol. The summed E-state index contributed by atoms with van der Waals surface area (Å²) in [5.41, 5.74) is 9.30. The van der Waals surface area contributed by atoms with E-state index in [1.165, 1.54) is 0 Å². The van der Waals surface area contributed by atoms with Crippen molar-refractivity contribution in [1.29, 1.82) is 0 Å². The predicted octanol–water partition coefficient (Wildman–Crippen LogP) is 3.08. The molecule has 2 rings (SSSR count). The number of anilines is 2. The minimum atomic E-state index is 0.326. The maximum absolute atomic E-state index is 5.81. The molecule has 0 aliphatic heterocycles. The molecule has 0 aliphatic rings. The molecule has 3 N–H and O–H groups in total. The highest BCUT2D eigenvalue weighted by atomic mass is 32.1. The van der Waals surface area contributed by atoms with Gasteiger partial charge >= 0.3 is 0 Å². The van der Waals surface area contributed by atoms with Gasteiger partial charge in [0.1, 0.15) is 16.6 Å². The highest BCUT2D eigenvalue weighted by molar-refractivity contribution is 7.80. The summed E-state index contributed by atoms with van der Waals surface area (Å²) >= 11 is 5.12. The average molecular weight is 287 g/mol. The highest BCUT2D eigenvalue weighted by Crippen LogP contribution is 2.29. The Balaban J connectivity index is 2.50. The van der Waals surface area contributed by atoms with Crippen LogP contribution in [-0.2, 0) is 0 Å². The second-order valence-electron chi connectivity index (χ2n) is 4.49. The molecule has 2 aromatic rings. The molecule has 1 aromatic carbocycles. The van der Waals surface area contributed by atoms with Gasteiger partial charge in [-0.2, -0.15) is 0 Å². The summed E-state index contributed by atoms with van der Waals surface area (Å²) in [7, 11) is 1.63. The number of pyridine rings is 1. The molecule has 1 aromatic heterocycles. The normalized spacial score (nSPS) is 10.2. The lowest BCUT2D eigenvalue weighted by atomic mass is 10.1. The molecule has 1 heterocycles. The van der Waals surface area contributed by atoms with Gasteiger partial charge in [-0.05, 0) is 37.6 Å². The van der Waals surface area contributed by atoms with Crippen molar-refractivity contribution >= 4 is 28.7 Å². The molecule has 0 saturated carbocycles. The Hall–Kier alpha value is -2.14. The quantitative estimate of drug-likeness (QED) is 0.846. The number of aryl methyl sites for hydroxylation is 2. The van der Waals surface area contributed by atoms with Gasteiger partial charge in [0, 0.05) is 5.69 Å². The molecule has 0 atom stereocenters. The van der Waals surface area contributed by atoms with Crippen molar-refractivity contribution < 1.29 is 4.74 Å². The number of methoxy groups -OCH3 is 1. The number of hydrogen-bond acceptors (Lipinski definition) is 4. The smallest absolute Gasteiger partial charge is 0.142 e. The minimum absolute atomic E-state index is 0.326. The van der Waals surface area contributed by atoms with E-state index in [1.807, 2.05) is 44.2 Å². The van der Waals surface area contributed by atoms with Crippen molar-refractivity contribution in [1.82, 2.24) is 4.98 Å². The highest BCUT2D eigenvalue weighted by Gasteiger charge is 2.13. The van der Waals surface area contributed by atoms with E-state index in [0.717, 1.165) is 28.3 Å². The van der Waals surface area contributed by atoms with Gasteiger partial charge in [0.15, 0.2) is 0 Å². The number of hydrogen-bond donors (Lipinski definition) is 2. The molecule has 0 radical (unpaired) electrons. The third kappa shape index (κ3) is 2.88. The number of aromatic nitrogens is 1. The first kappa shape index (κ1) is 14.3. The fraction of sp³-hybridized carbons (Fsp3) is 0.200. The van der Waals surface area contributed by atoms with Crippen molar-refractivity contribution in [2.45, 2.75) is 13.8 Å². The Morgan fingerprint density at radius 2 is 2.00 bits per heavy atom. The Morgan fingerprint density at radius 1 is 1.30 bits per heavy atom. The number of nitrogens with two attached hydrogens (primary N) is 1. The number of nitrogens with zero attached hydrogens (tertiary/aromatic N) is 1. The van der Waals surface area contributed by atoms with Gasteiger partial charge in [0.05, 0.1) is 18.4 Å². The molecule has 0 bridgehead atoms. The average Bonchev–Trinajstić information content (AvgIpc) is 2.38. The number of para-hydroxylation sites is 2. The first-order valence-electron chi connectivity index (χ1n) is 6.21. The van der Waals surface area contributed by atoms with Gasteiger partial charge in [-0.1, -0.05) is 24.4 Å². The summed E-state index contributed by atoms with van der Waals surface area (Å²) in [6.07, 6.45) is 0. The lowest BCUT2D eigenvalue weighted by molar-refractivity contribution is 0.417. The van der Waals surface area contributed by atoms with Crippen LogP contribution in [0.5, 0.6) is 5.75 Å². The number of nitrogens with one attached hydrogen (secondary N) is 1. The van der Waals surface area contributed by atoms with E-state index < -0.39 is 0 Å². The standard InChI is InChI=1S/C15H17N3OS/c1-9-8-10(2)17-15(13(9)14(16)20)18-11-6-4-5-7-12(11)19-3/h4-8H,1-3H3,(H2,16,20)(H,17,18). The van der Waals surface area contributed by atoms with E-state index in [2.05, 4.69) is 10.3 Å². The van der Waals surface area contributed by atoms with Gasteiger partial charge < -0.3 is 15.8 Å². The lowest BCUT2D eigenvalue weighted by Gasteiger charge is -2.15. The zero-order chi connectivity index (χ0) is 14.7. The second-order valence-corrected chi connectivity index (χ2v) is 4.93. The molecule has 20 heavy (non-hydrogen) atoms. The van der Waals surface area contributed by atoms with Crippen LogP contribution in [0.2, 0.25) is 0 Å². The summed E-state index contributed by atoms with van der Waals surface area (Å²) in [6.45, 7) is 3.90. The van der Waals surface area contributed by atoms with Gasteiger partial charge in [-0.3, -0.25) is 0 Å². The van der Waals surface area contributed by atoms with E-state index in [0.29, 0.717) is 10.8 Å². The summed E-state index contributed by atoms with van der Waals surface area (Å²) in [5, 5.41) is 3.25. The first-order chi connectivity index (χ1) is 9.52. The Labute approximate surface area is 124 Å². The fourth-order valence-corrected chi connectivity index (χ4v) is 2.37. The fourth-order valence-electron chi connectivity index (χ4n) is 2.11. The molecule has 4 nitrogen and oxygen atoms in total. The van der Waals surface area contributed by atoms with E-state index in [4.69, 9.17) is 22.7 Å². The van der Waals surface area contributed by atoms with Crippen molar-refractivity contribution in [3.8, 4) is 5.75 Å². The molecule has 0 amide bonds. The van der Waals surface area contributed by atoms with E-state index in [-0.39, 0.29) is 0 Å². The van der Waals surface area contributed by atoms with E-state index in [1.54, 1.807) is 7.11 Å². The van der Waals surface area contributed by atoms with Crippen LogP contribution in [0.1, 0.15) is 16.8 Å². The Morgan fingerprint density at radius 3 is 2.65 bits per heavy atom. The number of benzene rings is 1. The topological polar surface area (TPSA) is 60.2 Å². The summed E-state index contributed by atoms with van der Waals surface area (Å²) in [6, 6.07) is 9.59. The molecule has 104 valence electrons. The molecule has 0 aliphatic carbocycles. The third-order valence-electron chi connectivity index (χ3n) is 2.95. The zero-order valence-corrected chi connectivity index (χ0v) is 12.5. The molecule has 0 unspecified atom stereocenters. The van der Waals surface area contributed by atoms with Crippen LogP contribution < -0.4 is 15.8 Å². The largest absolute Gasteiger partial charge is 0.495 e. The maximum atomic E-state index is 5.81. The number of rotatable bonds is 4. The van der Waals surface area contributed by atoms with Gasteiger partial charge in [0.25, 0.3) is 0 Å². The Kier molecular flexibility index (Phi) is 4.20. The van der Waals surface area contributed by atoms with Crippen LogP contribution in [0, 0.1) is 13.8 Å². The van der Waals surface area contributed by atoms with Crippen molar-refractivity contribution in [3.05, 3.63) is 47.2 Å². The molecule has 0 saturated heterocycles. The molecular formula is C15H17N3OS. The number of ether oxygens (including phenoxy) is 1. The minimum Gasteiger partial charge on any atom is -0.495 e. The van der Waals surface area contributed by atoms with E-state index >= 15 is 0 Å². The first-order valence-corrected chi connectivity index (χ1v) is 6.62. The summed E-state index contributed by atoms with van der Waals surface area (Å²) < 4.78 is 5.32. The maximum Gasteiger partial charge on any atom is 0.142 e. The predicted molar refractivity (Wildman–Crippen MR) is 85.9 cm³/mol. The van der Waals surface area contributed by atoms with Gasteiger partial charge in [-0.15, -0.1) is 0 Å². The Bertz CT molecular complexity index is 656. The van der Waals surface area contributed by atoms with E-state index in [9.17, 15) is 0 Å². The zero-order valence-electron chi connectivity index (χ0n) is 11.7. The molecule has 0 spiro atoms. The van der Waals surface area contributed by atoms with Crippen LogP contribution in [0.15, 0.2) is 30.3 Å². The van der Waals surface area contributed by atoms with Crippen molar-refractivity contribution in [2.24, 2.45) is 5.73 Å². The second kappa shape index (κ2) is 5.88. The third-order valence-corrected chi connectivity index (χ3v) is 3.16. The van der Waals surface area contributed by atoms with Crippen molar-refractivity contribution in [3.63, 3.8) is 0 Å². The number of thiocarbonyl (C=S) groups is 1. The SMILES string of the molecule is COc1ccccc1Nc1nc(C)cc(C)c1C(N)=S. The van der Waals surface area contributed by atoms with Crippen LogP contribution in [0.4, 0.5) is 11.5 Å². The van der Waals surface area contributed by atoms with Crippen LogP contribution in [-0.4, -0.2) is 17.1 Å². The summed E-state index contributed by atoms with van der Waals surface area (Å²) in [5.74, 6) is 1.39. The van der Waals surface area contributed by atoms with Crippen LogP contribution >= 0.6 is 12.2 Å². The lowest BCUT2D eigenvalue weighted by Crippen LogP contribution is -2.15. The molecule has 5 heteroatoms.